The quantitative estimate of drug-likeness (QED) is 0.356. The monoisotopic (exact) mass is 445 g/mol. The van der Waals surface area contributed by atoms with E-state index in [9.17, 15) is 9.59 Å². The molecule has 2 amide bonds. The lowest BCUT2D eigenvalue weighted by Crippen LogP contribution is -2.41. The van der Waals surface area contributed by atoms with E-state index in [-0.39, 0.29) is 11.8 Å². The summed E-state index contributed by atoms with van der Waals surface area (Å²) in [6, 6.07) is 30.6. The van der Waals surface area contributed by atoms with Crippen LogP contribution in [-0.2, 0) is 16.1 Å². The number of amides is 2. The molecule has 0 unspecified atom stereocenters. The standard InChI is InChI=1S/C31H27NO2/c33-28-30-18-10-11-19-31(30,29(34)32(28)22-23-12-4-1-5-13-23)21-26(20-30)27(24-14-6-2-7-15-24)25-16-8-3-9-17-25/h1-17H,18-22H2/t30-,31+. The number of carbonyl (C=O) groups is 2. The van der Waals surface area contributed by atoms with Crippen molar-refractivity contribution in [2.45, 2.75) is 32.2 Å². The van der Waals surface area contributed by atoms with Crippen LogP contribution in [0, 0.1) is 10.8 Å². The summed E-state index contributed by atoms with van der Waals surface area (Å²) in [7, 11) is 0. The van der Waals surface area contributed by atoms with Crippen LogP contribution in [0.3, 0.4) is 0 Å². The average molecular weight is 446 g/mol. The first-order valence-corrected chi connectivity index (χ1v) is 12.0. The molecule has 3 aliphatic rings. The van der Waals surface area contributed by atoms with Crippen molar-refractivity contribution < 1.29 is 9.59 Å². The summed E-state index contributed by atoms with van der Waals surface area (Å²) in [5.74, 6) is 0.00218. The molecule has 3 aromatic rings. The Bertz CT molecular complexity index is 1230. The lowest BCUT2D eigenvalue weighted by molar-refractivity contribution is -0.142. The number of rotatable bonds is 4. The van der Waals surface area contributed by atoms with Crippen molar-refractivity contribution >= 4 is 17.4 Å². The number of hydrogen-bond acceptors (Lipinski definition) is 2. The van der Waals surface area contributed by atoms with E-state index >= 15 is 0 Å². The van der Waals surface area contributed by atoms with E-state index in [0.29, 0.717) is 32.2 Å². The van der Waals surface area contributed by atoms with E-state index in [4.69, 9.17) is 0 Å². The van der Waals surface area contributed by atoms with Gasteiger partial charge in [0.05, 0.1) is 17.4 Å². The molecule has 1 saturated carbocycles. The number of benzene rings is 3. The van der Waals surface area contributed by atoms with Gasteiger partial charge in [-0.25, -0.2) is 0 Å². The molecule has 2 fully saturated rings. The number of hydrogen-bond donors (Lipinski definition) is 0. The van der Waals surface area contributed by atoms with Crippen molar-refractivity contribution in [1.82, 2.24) is 4.90 Å². The van der Waals surface area contributed by atoms with Gasteiger partial charge >= 0.3 is 0 Å². The third-order valence-corrected chi connectivity index (χ3v) is 8.02. The SMILES string of the molecule is O=C1N(Cc2ccccc2)C(=O)[C@]23CC=CC[C@]12CC(=C(c1ccccc1)c1ccccc1)C3. The van der Waals surface area contributed by atoms with Gasteiger partial charge in [0.2, 0.25) is 11.8 Å². The molecule has 0 bridgehead atoms. The van der Waals surface area contributed by atoms with Gasteiger partial charge in [-0.05, 0) is 47.9 Å². The van der Waals surface area contributed by atoms with Gasteiger partial charge in [-0.3, -0.25) is 14.5 Å². The van der Waals surface area contributed by atoms with E-state index in [2.05, 4.69) is 60.7 Å². The highest BCUT2D eigenvalue weighted by atomic mass is 16.2. The van der Waals surface area contributed by atoms with Crippen LogP contribution in [-0.4, -0.2) is 16.7 Å². The summed E-state index contributed by atoms with van der Waals surface area (Å²) in [5.41, 5.74) is 4.31. The molecule has 0 spiro atoms. The van der Waals surface area contributed by atoms with Crippen LogP contribution < -0.4 is 0 Å². The van der Waals surface area contributed by atoms with E-state index in [0.717, 1.165) is 16.7 Å². The van der Waals surface area contributed by atoms with Crippen molar-refractivity contribution in [2.75, 3.05) is 0 Å². The van der Waals surface area contributed by atoms with Gasteiger partial charge in [-0.1, -0.05) is 109 Å². The van der Waals surface area contributed by atoms with Crippen LogP contribution in [0.25, 0.3) is 5.57 Å². The molecule has 1 heterocycles. The molecule has 3 nitrogen and oxygen atoms in total. The number of imide groups is 1. The third-order valence-electron chi connectivity index (χ3n) is 8.02. The number of nitrogens with zero attached hydrogens (tertiary/aromatic N) is 1. The first-order chi connectivity index (χ1) is 16.6. The molecule has 34 heavy (non-hydrogen) atoms. The van der Waals surface area contributed by atoms with Gasteiger partial charge in [-0.2, -0.15) is 0 Å². The van der Waals surface area contributed by atoms with Gasteiger partial charge in [-0.15, -0.1) is 0 Å². The van der Waals surface area contributed by atoms with Crippen molar-refractivity contribution in [2.24, 2.45) is 10.8 Å². The molecule has 1 saturated heterocycles. The maximum absolute atomic E-state index is 14.0. The molecule has 0 aromatic heterocycles. The fourth-order valence-corrected chi connectivity index (χ4v) is 6.45. The summed E-state index contributed by atoms with van der Waals surface area (Å²) in [4.78, 5) is 29.6. The molecule has 1 aliphatic heterocycles. The van der Waals surface area contributed by atoms with E-state index in [1.54, 1.807) is 4.90 Å². The van der Waals surface area contributed by atoms with Crippen molar-refractivity contribution in [3.63, 3.8) is 0 Å². The summed E-state index contributed by atoms with van der Waals surface area (Å²) < 4.78 is 0. The zero-order valence-electron chi connectivity index (χ0n) is 19.1. The summed E-state index contributed by atoms with van der Waals surface area (Å²) >= 11 is 0. The predicted octanol–water partition coefficient (Wildman–Crippen LogP) is 6.17. The summed E-state index contributed by atoms with van der Waals surface area (Å²) in [6.07, 6.45) is 6.75. The topological polar surface area (TPSA) is 37.4 Å². The molecule has 2 atom stereocenters. The van der Waals surface area contributed by atoms with Gasteiger partial charge in [0.1, 0.15) is 0 Å². The van der Waals surface area contributed by atoms with Gasteiger partial charge in [0.25, 0.3) is 0 Å². The first kappa shape index (κ1) is 20.9. The van der Waals surface area contributed by atoms with Crippen LogP contribution in [0.15, 0.2) is 109 Å². The Balaban J connectivity index is 1.48. The highest BCUT2D eigenvalue weighted by Gasteiger charge is 2.71. The minimum Gasteiger partial charge on any atom is -0.277 e. The van der Waals surface area contributed by atoms with Gasteiger partial charge in [0.15, 0.2) is 0 Å². The highest BCUT2D eigenvalue weighted by Crippen LogP contribution is 2.67. The van der Waals surface area contributed by atoms with Gasteiger partial charge in [0, 0.05) is 0 Å². The Morgan fingerprint density at radius 3 is 1.56 bits per heavy atom. The maximum atomic E-state index is 14.0. The average Bonchev–Trinajstić information content (AvgIpc) is 3.32. The molecular formula is C31H27NO2. The second kappa shape index (κ2) is 7.95. The minimum absolute atomic E-state index is 0.00109. The minimum atomic E-state index is -0.683. The van der Waals surface area contributed by atoms with E-state index in [1.807, 2.05) is 42.5 Å². The number of allylic oxidation sites excluding steroid dienone is 3. The molecule has 0 N–H and O–H groups in total. The second-order valence-electron chi connectivity index (χ2n) is 9.79. The third kappa shape index (κ3) is 2.96. The van der Waals surface area contributed by atoms with Crippen LogP contribution in [0.4, 0.5) is 0 Å². The van der Waals surface area contributed by atoms with Crippen LogP contribution >= 0.6 is 0 Å². The van der Waals surface area contributed by atoms with E-state index in [1.165, 1.54) is 11.1 Å². The largest absolute Gasteiger partial charge is 0.277 e. The van der Waals surface area contributed by atoms with Crippen LogP contribution in [0.1, 0.15) is 42.4 Å². The predicted molar refractivity (Wildman–Crippen MR) is 133 cm³/mol. The Morgan fingerprint density at radius 2 is 1.09 bits per heavy atom. The highest BCUT2D eigenvalue weighted by molar-refractivity contribution is 6.11. The first-order valence-electron chi connectivity index (χ1n) is 12.0. The number of carbonyl (C=O) groups excluding carboxylic acids is 2. The Morgan fingerprint density at radius 1 is 0.647 bits per heavy atom. The van der Waals surface area contributed by atoms with Crippen molar-refractivity contribution in [3.05, 3.63) is 125 Å². The second-order valence-corrected chi connectivity index (χ2v) is 9.79. The molecule has 3 heteroatoms. The molecule has 168 valence electrons. The van der Waals surface area contributed by atoms with Crippen molar-refractivity contribution in [3.8, 4) is 0 Å². The summed E-state index contributed by atoms with van der Waals surface area (Å²) in [5, 5.41) is 0. The molecule has 6 rings (SSSR count). The fraction of sp³-hybridized carbons (Fsp3) is 0.226. The zero-order chi connectivity index (χ0) is 23.2. The molecule has 2 aliphatic carbocycles. The van der Waals surface area contributed by atoms with Crippen LogP contribution in [0.2, 0.25) is 0 Å². The maximum Gasteiger partial charge on any atom is 0.237 e. The molecule has 3 aromatic carbocycles. The smallest absolute Gasteiger partial charge is 0.237 e. The fourth-order valence-electron chi connectivity index (χ4n) is 6.45. The van der Waals surface area contributed by atoms with E-state index < -0.39 is 10.8 Å². The lowest BCUT2D eigenvalue weighted by Gasteiger charge is -2.36. The van der Waals surface area contributed by atoms with Gasteiger partial charge < -0.3 is 0 Å². The normalized spacial score (nSPS) is 25.4. The van der Waals surface area contributed by atoms with Crippen LogP contribution in [0.5, 0.6) is 0 Å². The number of likely N-dealkylation sites (tertiary alicyclic amines) is 1. The Kier molecular flexibility index (Phi) is 4.88. The molecule has 0 radical (unpaired) electrons. The Labute approximate surface area is 200 Å². The zero-order valence-corrected chi connectivity index (χ0v) is 19.1. The summed E-state index contributed by atoms with van der Waals surface area (Å²) in [6.45, 7) is 0.352. The Hall–Kier alpha value is -3.72. The van der Waals surface area contributed by atoms with Crippen molar-refractivity contribution in [1.29, 1.82) is 0 Å². The molecular weight excluding hydrogens is 418 g/mol. The lowest BCUT2D eigenvalue weighted by atomic mass is 9.61.